The molecule has 0 fully saturated rings. The Bertz CT molecular complexity index is 4250. The summed E-state index contributed by atoms with van der Waals surface area (Å²) in [6.07, 6.45) is 0. The molecule has 0 saturated heterocycles. The van der Waals surface area contributed by atoms with E-state index in [2.05, 4.69) is 337 Å². The molecule has 13 aromatic carbocycles. The quantitative estimate of drug-likeness (QED) is 0.120. The van der Waals surface area contributed by atoms with Crippen molar-refractivity contribution < 1.29 is 0 Å². The summed E-state index contributed by atoms with van der Waals surface area (Å²) in [5.74, 6) is 0. The Morgan fingerprint density at radius 2 is 0.696 bits per heavy atom. The van der Waals surface area contributed by atoms with Gasteiger partial charge in [-0.2, -0.15) is 0 Å². The zero-order valence-corrected chi connectivity index (χ0v) is 43.6. The molecule has 0 aromatic heterocycles. The average Bonchev–Trinajstić information content (AvgIpc) is 3.22. The van der Waals surface area contributed by atoms with Crippen molar-refractivity contribution >= 4 is 44.9 Å². The molecule has 14 rings (SSSR count). The summed E-state index contributed by atoms with van der Waals surface area (Å²) in [5.41, 5.74) is 22.4. The number of anilines is 6. The first-order valence-electron chi connectivity index (χ1n) is 27.2. The number of nitrogens with zero attached hydrogens (tertiary/aromatic N) is 2. The van der Waals surface area contributed by atoms with Gasteiger partial charge < -0.3 is 9.80 Å². The van der Waals surface area contributed by atoms with Crippen LogP contribution in [0.2, 0.25) is 0 Å². The minimum Gasteiger partial charge on any atom is -0.310 e. The van der Waals surface area contributed by atoms with E-state index in [1.807, 2.05) is 0 Å². The van der Waals surface area contributed by atoms with Crippen molar-refractivity contribution in [2.24, 2.45) is 0 Å². The fourth-order valence-electron chi connectivity index (χ4n) is 12.5. The molecular formula is C77H54N2. The van der Waals surface area contributed by atoms with Crippen LogP contribution in [0.1, 0.15) is 22.3 Å². The number of rotatable bonds is 12. The predicted molar refractivity (Wildman–Crippen MR) is 332 cm³/mol. The minimum absolute atomic E-state index is 0.583. The predicted octanol–water partition coefficient (Wildman–Crippen LogP) is 20.8. The molecule has 0 unspecified atom stereocenters. The smallest absolute Gasteiger partial charge is 0.0714 e. The third-order valence-electron chi connectivity index (χ3n) is 15.9. The van der Waals surface area contributed by atoms with Crippen molar-refractivity contribution in [3.8, 4) is 55.6 Å². The molecule has 0 spiro atoms. The summed E-state index contributed by atoms with van der Waals surface area (Å²) in [7, 11) is 0. The van der Waals surface area contributed by atoms with Crippen LogP contribution in [0.15, 0.2) is 328 Å². The second kappa shape index (κ2) is 20.3. The lowest BCUT2D eigenvalue weighted by atomic mass is 9.67. The summed E-state index contributed by atoms with van der Waals surface area (Å²) in [4.78, 5) is 4.92. The van der Waals surface area contributed by atoms with Gasteiger partial charge >= 0.3 is 0 Å². The van der Waals surface area contributed by atoms with Gasteiger partial charge in [-0.05, 0) is 144 Å². The Morgan fingerprint density at radius 1 is 0.228 bits per heavy atom. The molecule has 79 heavy (non-hydrogen) atoms. The molecule has 2 heteroatoms. The summed E-state index contributed by atoms with van der Waals surface area (Å²) >= 11 is 0. The van der Waals surface area contributed by atoms with E-state index < -0.39 is 5.41 Å². The second-order valence-electron chi connectivity index (χ2n) is 20.3. The monoisotopic (exact) mass is 1010 g/mol. The molecule has 0 radical (unpaired) electrons. The Kier molecular flexibility index (Phi) is 12.2. The summed E-state index contributed by atoms with van der Waals surface area (Å²) in [6, 6.07) is 120. The number of hydrogen-bond acceptors (Lipinski definition) is 2. The van der Waals surface area contributed by atoms with Crippen molar-refractivity contribution in [2.75, 3.05) is 9.80 Å². The van der Waals surface area contributed by atoms with Crippen LogP contribution in [0, 0.1) is 0 Å². The molecule has 13 aromatic rings. The van der Waals surface area contributed by atoms with Crippen LogP contribution in [0.5, 0.6) is 0 Å². The van der Waals surface area contributed by atoms with Crippen LogP contribution in [-0.2, 0) is 5.41 Å². The highest BCUT2D eigenvalue weighted by molar-refractivity contribution is 6.06. The van der Waals surface area contributed by atoms with E-state index in [1.165, 1.54) is 60.8 Å². The lowest BCUT2D eigenvalue weighted by Gasteiger charge is -2.35. The molecule has 0 atom stereocenters. The first-order chi connectivity index (χ1) is 39.2. The Labute approximate surface area is 463 Å². The summed E-state index contributed by atoms with van der Waals surface area (Å²) in [5, 5.41) is 2.43. The normalized spacial score (nSPS) is 12.2. The fraction of sp³-hybridized carbons (Fsp3) is 0.0130. The highest BCUT2D eigenvalue weighted by atomic mass is 15.2. The number of fused-ring (bicyclic) bond motifs is 4. The Hall–Kier alpha value is -10.3. The number of para-hydroxylation sites is 3. The van der Waals surface area contributed by atoms with Crippen molar-refractivity contribution in [1.82, 2.24) is 0 Å². The van der Waals surface area contributed by atoms with E-state index in [9.17, 15) is 0 Å². The second-order valence-corrected chi connectivity index (χ2v) is 20.3. The Balaban J connectivity index is 1.06. The maximum absolute atomic E-state index is 2.48. The van der Waals surface area contributed by atoms with Crippen LogP contribution in [0.25, 0.3) is 66.4 Å². The van der Waals surface area contributed by atoms with Gasteiger partial charge in [0, 0.05) is 34.0 Å². The molecule has 0 aliphatic heterocycles. The van der Waals surface area contributed by atoms with E-state index in [1.54, 1.807) is 0 Å². The van der Waals surface area contributed by atoms with Crippen LogP contribution >= 0.6 is 0 Å². The van der Waals surface area contributed by atoms with Crippen molar-refractivity contribution in [1.29, 1.82) is 0 Å². The highest BCUT2D eigenvalue weighted by Gasteiger charge is 2.46. The molecule has 0 N–H and O–H groups in total. The largest absolute Gasteiger partial charge is 0.310 e. The number of hydrogen-bond donors (Lipinski definition) is 0. The van der Waals surface area contributed by atoms with Gasteiger partial charge in [-0.25, -0.2) is 0 Å². The topological polar surface area (TPSA) is 6.48 Å². The Morgan fingerprint density at radius 3 is 1.35 bits per heavy atom. The zero-order chi connectivity index (χ0) is 52.5. The summed E-state index contributed by atoms with van der Waals surface area (Å²) < 4.78 is 0. The molecule has 1 aliphatic rings. The maximum Gasteiger partial charge on any atom is 0.0714 e. The zero-order valence-electron chi connectivity index (χ0n) is 43.6. The van der Waals surface area contributed by atoms with Gasteiger partial charge in [-0.1, -0.05) is 267 Å². The first kappa shape index (κ1) is 47.2. The fourth-order valence-corrected chi connectivity index (χ4v) is 12.5. The van der Waals surface area contributed by atoms with E-state index >= 15 is 0 Å². The molecule has 372 valence electrons. The lowest BCUT2D eigenvalue weighted by molar-refractivity contribution is 0.768. The lowest BCUT2D eigenvalue weighted by Crippen LogP contribution is -2.28. The molecule has 1 aliphatic carbocycles. The van der Waals surface area contributed by atoms with E-state index in [4.69, 9.17) is 0 Å². The number of benzene rings is 13. The van der Waals surface area contributed by atoms with Crippen LogP contribution < -0.4 is 9.80 Å². The van der Waals surface area contributed by atoms with E-state index in [-0.39, 0.29) is 0 Å². The molecule has 2 nitrogen and oxygen atoms in total. The van der Waals surface area contributed by atoms with Crippen molar-refractivity contribution in [3.63, 3.8) is 0 Å². The van der Waals surface area contributed by atoms with Crippen LogP contribution in [0.4, 0.5) is 34.1 Å². The van der Waals surface area contributed by atoms with Gasteiger partial charge in [-0.3, -0.25) is 0 Å². The van der Waals surface area contributed by atoms with Gasteiger partial charge in [0.15, 0.2) is 0 Å². The third kappa shape index (κ3) is 8.30. The average molecular weight is 1010 g/mol. The van der Waals surface area contributed by atoms with Gasteiger partial charge in [0.05, 0.1) is 11.1 Å². The van der Waals surface area contributed by atoms with Crippen molar-refractivity contribution in [3.05, 3.63) is 350 Å². The van der Waals surface area contributed by atoms with Gasteiger partial charge in [0.1, 0.15) is 0 Å². The minimum atomic E-state index is -0.583. The van der Waals surface area contributed by atoms with E-state index in [0.29, 0.717) is 0 Å². The molecule has 0 saturated carbocycles. The van der Waals surface area contributed by atoms with Gasteiger partial charge in [0.2, 0.25) is 0 Å². The SMILES string of the molecule is c1ccc(-c2ccccc2N(c2ccccc2)c2cc(-c3ccccc3-c3ccc4ccccc4c3-c3ccccc3)cc(N(c3ccccc3)c3ccc4c(c3)C(c3ccccc3)(c3ccccc3)c3ccccc3-4)c2)cc1. The highest BCUT2D eigenvalue weighted by Crippen LogP contribution is 2.58. The van der Waals surface area contributed by atoms with Gasteiger partial charge in [0.25, 0.3) is 0 Å². The van der Waals surface area contributed by atoms with E-state index in [0.717, 1.165) is 61.9 Å². The van der Waals surface area contributed by atoms with Crippen LogP contribution in [0.3, 0.4) is 0 Å². The van der Waals surface area contributed by atoms with Crippen LogP contribution in [-0.4, -0.2) is 0 Å². The molecule has 0 heterocycles. The maximum atomic E-state index is 2.48. The first-order valence-corrected chi connectivity index (χ1v) is 27.2. The standard InChI is InChI=1S/C77H54N2/c1-7-27-55(28-8-1)67-41-24-26-46-75(67)79(62-38-17-6-18-39-62)65-52-58(66-40-21-22-43-69(66)72-49-47-56-29-19-20-42-68(56)76(72)57-30-9-2-10-31-57)51-64(53-65)78(61-36-15-5-16-37-61)63-48-50-71-70-44-23-25-45-73(70)77(74(71)54-63,59-32-11-3-12-33-59)60-34-13-4-14-35-60/h1-54H. The molecular weight excluding hydrogens is 953 g/mol. The van der Waals surface area contributed by atoms with Crippen molar-refractivity contribution in [2.45, 2.75) is 5.41 Å². The molecule has 0 amide bonds. The summed E-state index contributed by atoms with van der Waals surface area (Å²) in [6.45, 7) is 0. The molecule has 0 bridgehead atoms. The third-order valence-corrected chi connectivity index (χ3v) is 15.9. The van der Waals surface area contributed by atoms with Gasteiger partial charge in [-0.15, -0.1) is 0 Å².